The van der Waals surface area contributed by atoms with Crippen LogP contribution in [0.15, 0.2) is 72.9 Å². The highest BCUT2D eigenvalue weighted by Crippen LogP contribution is 2.21. The van der Waals surface area contributed by atoms with E-state index in [-0.39, 0.29) is 0 Å². The molecule has 0 saturated carbocycles. The van der Waals surface area contributed by atoms with Crippen molar-refractivity contribution in [1.29, 1.82) is 0 Å². The van der Waals surface area contributed by atoms with Gasteiger partial charge in [-0.25, -0.2) is 0 Å². The highest BCUT2D eigenvalue weighted by molar-refractivity contribution is 5.83. The summed E-state index contributed by atoms with van der Waals surface area (Å²) < 4.78 is 2.28. The monoisotopic (exact) mass is 408 g/mol. The second-order valence-corrected chi connectivity index (χ2v) is 7.60. The lowest BCUT2D eigenvalue weighted by molar-refractivity contribution is 0.694. The summed E-state index contributed by atoms with van der Waals surface area (Å²) in [7, 11) is 0. The zero-order chi connectivity index (χ0) is 21.5. The van der Waals surface area contributed by atoms with Crippen molar-refractivity contribution in [1.82, 2.24) is 14.9 Å². The molecule has 0 atom stereocenters. The summed E-state index contributed by atoms with van der Waals surface area (Å²) in [6.45, 7) is 7.37. The van der Waals surface area contributed by atoms with Crippen molar-refractivity contribution in [3.63, 3.8) is 0 Å². The number of nitrogens with zero attached hydrogens (tertiary/aromatic N) is 2. The molecule has 31 heavy (non-hydrogen) atoms. The van der Waals surface area contributed by atoms with E-state index in [1.165, 1.54) is 22.0 Å². The summed E-state index contributed by atoms with van der Waals surface area (Å²) in [4.78, 5) is 4.22. The maximum absolute atomic E-state index is 4.22. The minimum Gasteiger partial charge on any atom is -0.374 e. The zero-order valence-electron chi connectivity index (χ0n) is 18.2. The molecule has 0 aliphatic carbocycles. The van der Waals surface area contributed by atoms with Gasteiger partial charge in [-0.2, -0.15) is 0 Å². The first kappa shape index (κ1) is 20.7. The van der Waals surface area contributed by atoms with Crippen LogP contribution in [0.25, 0.3) is 10.9 Å². The van der Waals surface area contributed by atoms with Gasteiger partial charge in [0.15, 0.2) is 0 Å². The van der Waals surface area contributed by atoms with Crippen LogP contribution in [0.2, 0.25) is 0 Å². The molecule has 4 aromatic rings. The number of hydrogen-bond donors (Lipinski definition) is 2. The predicted octanol–water partition coefficient (Wildman–Crippen LogP) is 5.12. The van der Waals surface area contributed by atoms with Crippen molar-refractivity contribution >= 4 is 16.6 Å². The molecule has 4 heteroatoms. The molecular weight excluding hydrogens is 380 g/mol. The molecule has 0 aliphatic heterocycles. The van der Waals surface area contributed by atoms with Gasteiger partial charge in [-0.1, -0.05) is 42.3 Å². The van der Waals surface area contributed by atoms with Gasteiger partial charge in [-0.05, 0) is 61.2 Å². The Morgan fingerprint density at radius 3 is 2.58 bits per heavy atom. The van der Waals surface area contributed by atoms with Crippen molar-refractivity contribution in [3.05, 3.63) is 95.4 Å². The van der Waals surface area contributed by atoms with E-state index in [4.69, 9.17) is 0 Å². The molecule has 0 radical (unpaired) electrons. The van der Waals surface area contributed by atoms with E-state index in [2.05, 4.69) is 87.5 Å². The van der Waals surface area contributed by atoms with Gasteiger partial charge in [0.05, 0.1) is 12.2 Å². The lowest BCUT2D eigenvalue weighted by Crippen LogP contribution is -2.12. The predicted molar refractivity (Wildman–Crippen MR) is 129 cm³/mol. The molecule has 0 fully saturated rings. The van der Waals surface area contributed by atoms with E-state index >= 15 is 0 Å². The number of aryl methyl sites for hydroxylation is 2. The Bertz CT molecular complexity index is 1210. The van der Waals surface area contributed by atoms with Crippen molar-refractivity contribution in [2.45, 2.75) is 33.5 Å². The fourth-order valence-electron chi connectivity index (χ4n) is 3.76. The fourth-order valence-corrected chi connectivity index (χ4v) is 3.76. The molecule has 2 heterocycles. The van der Waals surface area contributed by atoms with Crippen LogP contribution in [0.4, 0.5) is 5.69 Å². The van der Waals surface area contributed by atoms with E-state index in [0.717, 1.165) is 36.7 Å². The lowest BCUT2D eigenvalue weighted by Gasteiger charge is -2.07. The Labute approximate surface area is 184 Å². The van der Waals surface area contributed by atoms with Crippen LogP contribution < -0.4 is 10.6 Å². The summed E-state index contributed by atoms with van der Waals surface area (Å²) in [5, 5.41) is 8.11. The summed E-state index contributed by atoms with van der Waals surface area (Å²) in [5.74, 6) is 6.60. The second kappa shape index (κ2) is 9.97. The Kier molecular flexibility index (Phi) is 6.66. The molecule has 2 aromatic heterocycles. The molecule has 156 valence electrons. The smallest absolute Gasteiger partial charge is 0.0931 e. The first-order chi connectivity index (χ1) is 15.2. The Hall–Kier alpha value is -3.55. The average molecular weight is 409 g/mol. The van der Waals surface area contributed by atoms with E-state index in [9.17, 15) is 0 Å². The summed E-state index contributed by atoms with van der Waals surface area (Å²) in [5.41, 5.74) is 6.92. The fraction of sp³-hybridized carbons (Fsp3) is 0.222. The third-order valence-electron chi connectivity index (χ3n) is 5.28. The van der Waals surface area contributed by atoms with Crippen LogP contribution in [0.1, 0.15) is 29.4 Å². The number of anilines is 1. The average Bonchev–Trinajstić information content (AvgIpc) is 3.14. The van der Waals surface area contributed by atoms with Crippen molar-refractivity contribution < 1.29 is 0 Å². The zero-order valence-corrected chi connectivity index (χ0v) is 18.2. The van der Waals surface area contributed by atoms with Crippen LogP contribution in [0.3, 0.4) is 0 Å². The second-order valence-electron chi connectivity index (χ2n) is 7.60. The van der Waals surface area contributed by atoms with Crippen molar-refractivity contribution in [2.75, 3.05) is 11.9 Å². The number of hydrogen-bond acceptors (Lipinski definition) is 3. The maximum Gasteiger partial charge on any atom is 0.0931 e. The SMILES string of the molecule is CCn1c(C#CCNc2ccnc(C)c2)cc2cc(CNCc3ccccc3)ccc21. The minimum absolute atomic E-state index is 0.601. The third kappa shape index (κ3) is 5.33. The molecule has 2 N–H and O–H groups in total. The highest BCUT2D eigenvalue weighted by atomic mass is 15.0. The van der Waals surface area contributed by atoms with E-state index in [0.29, 0.717) is 6.54 Å². The Morgan fingerprint density at radius 2 is 1.77 bits per heavy atom. The summed E-state index contributed by atoms with van der Waals surface area (Å²) in [6, 6.07) is 23.4. The largest absolute Gasteiger partial charge is 0.374 e. The molecule has 4 rings (SSSR count). The topological polar surface area (TPSA) is 41.9 Å². The quantitative estimate of drug-likeness (QED) is 0.417. The number of fused-ring (bicyclic) bond motifs is 1. The Balaban J connectivity index is 1.43. The van der Waals surface area contributed by atoms with Gasteiger partial charge in [0.25, 0.3) is 0 Å². The van der Waals surface area contributed by atoms with Crippen molar-refractivity contribution in [2.24, 2.45) is 0 Å². The van der Waals surface area contributed by atoms with Crippen molar-refractivity contribution in [3.8, 4) is 11.8 Å². The molecule has 4 nitrogen and oxygen atoms in total. The Morgan fingerprint density at radius 1 is 0.935 bits per heavy atom. The van der Waals surface area contributed by atoms with Crippen LogP contribution >= 0.6 is 0 Å². The van der Waals surface area contributed by atoms with Gasteiger partial charge in [0.1, 0.15) is 0 Å². The molecule has 0 bridgehead atoms. The van der Waals surface area contributed by atoms with Gasteiger partial charge >= 0.3 is 0 Å². The number of nitrogens with one attached hydrogen (secondary N) is 2. The first-order valence-corrected chi connectivity index (χ1v) is 10.7. The van der Waals surface area contributed by atoms with Crippen LogP contribution in [0.5, 0.6) is 0 Å². The van der Waals surface area contributed by atoms with Gasteiger partial charge in [0, 0.05) is 48.1 Å². The third-order valence-corrected chi connectivity index (χ3v) is 5.28. The lowest BCUT2D eigenvalue weighted by atomic mass is 10.1. The maximum atomic E-state index is 4.22. The standard InChI is InChI=1S/C27H28N4/c1-3-31-26(10-7-14-30-25-13-15-29-21(2)16-25)18-24-17-23(11-12-27(24)31)20-28-19-22-8-5-4-6-9-22/h4-6,8-9,11-13,15-18,28H,3,14,19-20H2,1-2H3,(H,29,30). The van der Waals surface area contributed by atoms with Gasteiger partial charge in [-0.3, -0.25) is 4.98 Å². The van der Waals surface area contributed by atoms with E-state index in [1.807, 2.05) is 31.3 Å². The molecule has 0 amide bonds. The number of aromatic nitrogens is 2. The van der Waals surface area contributed by atoms with Gasteiger partial charge in [0.2, 0.25) is 0 Å². The van der Waals surface area contributed by atoms with Gasteiger partial charge in [-0.15, -0.1) is 0 Å². The van der Waals surface area contributed by atoms with Crippen LogP contribution in [-0.2, 0) is 19.6 Å². The first-order valence-electron chi connectivity index (χ1n) is 10.7. The van der Waals surface area contributed by atoms with E-state index in [1.54, 1.807) is 0 Å². The van der Waals surface area contributed by atoms with E-state index < -0.39 is 0 Å². The van der Waals surface area contributed by atoms with Gasteiger partial charge < -0.3 is 15.2 Å². The highest BCUT2D eigenvalue weighted by Gasteiger charge is 2.06. The van der Waals surface area contributed by atoms with Crippen LogP contribution in [0, 0.1) is 18.8 Å². The number of rotatable bonds is 7. The molecule has 0 spiro atoms. The molecular formula is C27H28N4. The number of benzene rings is 2. The minimum atomic E-state index is 0.601. The molecule has 0 unspecified atom stereocenters. The summed E-state index contributed by atoms with van der Waals surface area (Å²) >= 11 is 0. The normalized spacial score (nSPS) is 10.6. The molecule has 0 saturated heterocycles. The van der Waals surface area contributed by atoms with Crippen LogP contribution in [-0.4, -0.2) is 16.1 Å². The summed E-state index contributed by atoms with van der Waals surface area (Å²) in [6.07, 6.45) is 1.81. The molecule has 0 aliphatic rings. The molecule has 2 aromatic carbocycles. The number of pyridine rings is 1.